The SMILES string of the molecule is O=C(OOCCc1ccccc1)OOC(=O)OOCCc1ccccc1. The molecule has 0 atom stereocenters. The van der Waals surface area contributed by atoms with Crippen LogP contribution in [-0.2, 0) is 42.2 Å². The predicted molar refractivity (Wildman–Crippen MR) is 87.3 cm³/mol. The molecule has 0 spiro atoms. The van der Waals surface area contributed by atoms with E-state index in [-0.39, 0.29) is 13.2 Å². The third kappa shape index (κ3) is 8.13. The molecule has 2 rings (SSSR count). The van der Waals surface area contributed by atoms with Crippen molar-refractivity contribution >= 4 is 12.3 Å². The minimum Gasteiger partial charge on any atom is -0.257 e. The standard InChI is InChI=1S/C18H18O8/c19-17(23-21-13-11-15-7-3-1-4-8-15)25-26-18(20)24-22-14-12-16-9-5-2-6-10-16/h1-10H,11-14H2. The van der Waals surface area contributed by atoms with Crippen LogP contribution < -0.4 is 0 Å². The van der Waals surface area contributed by atoms with Gasteiger partial charge < -0.3 is 0 Å². The van der Waals surface area contributed by atoms with Crippen molar-refractivity contribution in [3.63, 3.8) is 0 Å². The van der Waals surface area contributed by atoms with E-state index in [1.165, 1.54) is 0 Å². The van der Waals surface area contributed by atoms with Crippen LogP contribution in [0.15, 0.2) is 60.7 Å². The van der Waals surface area contributed by atoms with E-state index in [1.54, 1.807) is 0 Å². The second-order valence-corrected chi connectivity index (χ2v) is 4.95. The van der Waals surface area contributed by atoms with Gasteiger partial charge in [-0.2, -0.15) is 29.1 Å². The van der Waals surface area contributed by atoms with Gasteiger partial charge in [0.05, 0.1) is 13.2 Å². The van der Waals surface area contributed by atoms with Crippen LogP contribution in [0.5, 0.6) is 0 Å². The molecule has 0 unspecified atom stereocenters. The van der Waals surface area contributed by atoms with Gasteiger partial charge in [0.2, 0.25) is 0 Å². The molecule has 0 amide bonds. The Morgan fingerprint density at radius 3 is 1.35 bits per heavy atom. The van der Waals surface area contributed by atoms with Crippen LogP contribution in [0.2, 0.25) is 0 Å². The maximum Gasteiger partial charge on any atom is 0.582 e. The first-order chi connectivity index (χ1) is 12.7. The fourth-order valence-electron chi connectivity index (χ4n) is 1.88. The van der Waals surface area contributed by atoms with Crippen molar-refractivity contribution in [3.8, 4) is 0 Å². The van der Waals surface area contributed by atoms with Gasteiger partial charge in [0, 0.05) is 0 Å². The number of hydrogen-bond donors (Lipinski definition) is 0. The molecule has 2 aromatic carbocycles. The smallest absolute Gasteiger partial charge is 0.257 e. The predicted octanol–water partition coefficient (Wildman–Crippen LogP) is 3.56. The first-order valence-corrected chi connectivity index (χ1v) is 7.83. The summed E-state index contributed by atoms with van der Waals surface area (Å²) in [4.78, 5) is 48.1. The van der Waals surface area contributed by atoms with Crippen molar-refractivity contribution in [2.45, 2.75) is 12.8 Å². The summed E-state index contributed by atoms with van der Waals surface area (Å²) in [6.07, 6.45) is -1.63. The van der Waals surface area contributed by atoms with E-state index in [9.17, 15) is 9.59 Å². The quantitative estimate of drug-likeness (QED) is 0.400. The van der Waals surface area contributed by atoms with Gasteiger partial charge in [-0.3, -0.25) is 9.78 Å². The molecule has 0 saturated heterocycles. The summed E-state index contributed by atoms with van der Waals surface area (Å²) in [5.41, 5.74) is 2.02. The van der Waals surface area contributed by atoms with Crippen LogP contribution >= 0.6 is 0 Å². The number of carbonyl (C=O) groups excluding carboxylic acids is 2. The molecule has 0 N–H and O–H groups in total. The van der Waals surface area contributed by atoms with Crippen molar-refractivity contribution in [1.29, 1.82) is 0 Å². The molecule has 0 aliphatic carbocycles. The highest BCUT2D eigenvalue weighted by atomic mass is 17.4. The second-order valence-electron chi connectivity index (χ2n) is 4.95. The molecule has 0 aliphatic rings. The third-order valence-corrected chi connectivity index (χ3v) is 3.07. The molecule has 0 radical (unpaired) electrons. The Labute approximate surface area is 149 Å². The van der Waals surface area contributed by atoms with Crippen molar-refractivity contribution in [1.82, 2.24) is 0 Å². The van der Waals surface area contributed by atoms with Crippen molar-refractivity contribution in [2.24, 2.45) is 0 Å². The van der Waals surface area contributed by atoms with Crippen molar-refractivity contribution < 1.29 is 38.9 Å². The number of carbonyl (C=O) groups is 2. The number of benzene rings is 2. The Hall–Kier alpha value is -3.10. The van der Waals surface area contributed by atoms with Gasteiger partial charge in [-0.25, -0.2) is 0 Å². The monoisotopic (exact) mass is 362 g/mol. The number of rotatable bonds is 8. The maximum absolute atomic E-state index is 11.1. The van der Waals surface area contributed by atoms with Gasteiger partial charge in [0.1, 0.15) is 0 Å². The fourth-order valence-corrected chi connectivity index (χ4v) is 1.88. The highest BCUT2D eigenvalue weighted by molar-refractivity contribution is 5.62. The summed E-state index contributed by atoms with van der Waals surface area (Å²) in [6.45, 7) is 0.234. The van der Waals surface area contributed by atoms with Crippen molar-refractivity contribution in [3.05, 3.63) is 71.8 Å². The zero-order valence-corrected chi connectivity index (χ0v) is 13.9. The molecule has 0 fully saturated rings. The summed E-state index contributed by atoms with van der Waals surface area (Å²) in [7, 11) is 0. The molecular weight excluding hydrogens is 344 g/mol. The lowest BCUT2D eigenvalue weighted by molar-refractivity contribution is -0.327. The summed E-state index contributed by atoms with van der Waals surface area (Å²) in [5, 5.41) is 0. The van der Waals surface area contributed by atoms with Gasteiger partial charge in [0.25, 0.3) is 0 Å². The minimum atomic E-state index is -1.35. The average Bonchev–Trinajstić information content (AvgIpc) is 2.68. The van der Waals surface area contributed by atoms with Gasteiger partial charge in [0.15, 0.2) is 0 Å². The molecule has 26 heavy (non-hydrogen) atoms. The lowest BCUT2D eigenvalue weighted by Gasteiger charge is -2.04. The Kier molecular flexibility index (Phi) is 8.47. The maximum atomic E-state index is 11.1. The van der Waals surface area contributed by atoms with Gasteiger partial charge in [-0.1, -0.05) is 60.7 Å². The van der Waals surface area contributed by atoms with E-state index in [0.717, 1.165) is 11.1 Å². The molecule has 2 aromatic rings. The summed E-state index contributed by atoms with van der Waals surface area (Å²) in [6, 6.07) is 18.9. The Morgan fingerprint density at radius 2 is 0.962 bits per heavy atom. The van der Waals surface area contributed by atoms with E-state index in [4.69, 9.17) is 0 Å². The lowest BCUT2D eigenvalue weighted by Crippen LogP contribution is -2.15. The van der Waals surface area contributed by atoms with Gasteiger partial charge >= 0.3 is 12.3 Å². The molecular formula is C18H18O8. The molecule has 0 heterocycles. The lowest BCUT2D eigenvalue weighted by atomic mass is 10.2. The van der Waals surface area contributed by atoms with Crippen LogP contribution in [0.1, 0.15) is 11.1 Å². The molecule has 8 heteroatoms. The molecule has 0 saturated carbocycles. The second kappa shape index (κ2) is 11.5. The zero-order valence-electron chi connectivity index (χ0n) is 13.9. The zero-order chi connectivity index (χ0) is 18.5. The molecule has 0 aliphatic heterocycles. The van der Waals surface area contributed by atoms with E-state index in [0.29, 0.717) is 12.8 Å². The highest BCUT2D eigenvalue weighted by Crippen LogP contribution is 2.02. The van der Waals surface area contributed by atoms with E-state index in [2.05, 4.69) is 29.3 Å². The van der Waals surface area contributed by atoms with Crippen molar-refractivity contribution in [2.75, 3.05) is 13.2 Å². The fraction of sp³-hybridized carbons (Fsp3) is 0.222. The first-order valence-electron chi connectivity index (χ1n) is 7.83. The molecule has 8 nitrogen and oxygen atoms in total. The molecule has 0 aromatic heterocycles. The first kappa shape index (κ1) is 19.2. The van der Waals surface area contributed by atoms with E-state index < -0.39 is 12.3 Å². The summed E-state index contributed by atoms with van der Waals surface area (Å²) >= 11 is 0. The Bertz CT molecular complexity index is 600. The van der Waals surface area contributed by atoms with Crippen LogP contribution in [-0.4, -0.2) is 25.5 Å². The van der Waals surface area contributed by atoms with E-state index >= 15 is 0 Å². The van der Waals surface area contributed by atoms with Gasteiger partial charge in [-0.05, 0) is 24.0 Å². The van der Waals surface area contributed by atoms with Crippen LogP contribution in [0.25, 0.3) is 0 Å². The Morgan fingerprint density at radius 1 is 0.577 bits per heavy atom. The normalized spacial score (nSPS) is 10.0. The summed E-state index contributed by atoms with van der Waals surface area (Å²) < 4.78 is 0. The third-order valence-electron chi connectivity index (χ3n) is 3.07. The van der Waals surface area contributed by atoms with Crippen LogP contribution in [0.4, 0.5) is 9.59 Å². The topological polar surface area (TPSA) is 89.5 Å². The Balaban J connectivity index is 1.47. The highest BCUT2D eigenvalue weighted by Gasteiger charge is 2.14. The summed E-state index contributed by atoms with van der Waals surface area (Å²) in [5.74, 6) is 0. The molecule has 0 bridgehead atoms. The van der Waals surface area contributed by atoms with E-state index in [1.807, 2.05) is 60.7 Å². The van der Waals surface area contributed by atoms with Crippen LogP contribution in [0.3, 0.4) is 0 Å². The molecule has 138 valence electrons. The van der Waals surface area contributed by atoms with Crippen LogP contribution in [0, 0.1) is 0 Å². The average molecular weight is 362 g/mol. The largest absolute Gasteiger partial charge is 0.582 e. The number of hydrogen-bond acceptors (Lipinski definition) is 8. The van der Waals surface area contributed by atoms with Gasteiger partial charge in [-0.15, -0.1) is 0 Å². The minimum absolute atomic E-state index is 0.117.